The summed E-state index contributed by atoms with van der Waals surface area (Å²) < 4.78 is 0. The molecule has 3 N–H and O–H groups in total. The Morgan fingerprint density at radius 2 is 1.60 bits per heavy atom. The molecule has 0 aliphatic rings. The van der Waals surface area contributed by atoms with E-state index in [9.17, 15) is 5.11 Å². The molecule has 1 aromatic carbocycles. The van der Waals surface area contributed by atoms with E-state index in [4.69, 9.17) is 5.73 Å². The van der Waals surface area contributed by atoms with Crippen molar-refractivity contribution in [3.8, 4) is 0 Å². The van der Waals surface area contributed by atoms with Gasteiger partial charge in [0.2, 0.25) is 0 Å². The Balaban J connectivity index is 3.05. The average Bonchev–Trinajstić information content (AvgIpc) is 2.15. The monoisotopic (exact) mass is 207 g/mol. The number of aliphatic hydroxyl groups is 1. The lowest BCUT2D eigenvalue weighted by molar-refractivity contribution is 0.124. The zero-order valence-electron chi connectivity index (χ0n) is 9.99. The molecule has 2 nitrogen and oxygen atoms in total. The molecule has 1 aromatic rings. The Labute approximate surface area is 92.1 Å². The summed E-state index contributed by atoms with van der Waals surface area (Å²) in [7, 11) is 0. The number of aliphatic hydroxyl groups excluding tert-OH is 1. The first-order chi connectivity index (χ1) is 6.95. The van der Waals surface area contributed by atoms with Crippen LogP contribution in [0.5, 0.6) is 0 Å². The standard InChI is InChI=1S/C13H21NO/c1-8(2)12(14)13(15)11-9(3)6-5-7-10(11)4/h5-8,12-13,15H,14H2,1-4H3. The minimum Gasteiger partial charge on any atom is -0.387 e. The predicted molar refractivity (Wildman–Crippen MR) is 63.7 cm³/mol. The second-order valence-corrected chi connectivity index (χ2v) is 4.57. The molecule has 0 amide bonds. The van der Waals surface area contributed by atoms with Crippen molar-refractivity contribution in [2.45, 2.75) is 39.8 Å². The van der Waals surface area contributed by atoms with Gasteiger partial charge in [0.1, 0.15) is 0 Å². The molecule has 84 valence electrons. The lowest BCUT2D eigenvalue weighted by Crippen LogP contribution is -2.34. The van der Waals surface area contributed by atoms with Crippen molar-refractivity contribution in [2.75, 3.05) is 0 Å². The zero-order valence-corrected chi connectivity index (χ0v) is 9.99. The van der Waals surface area contributed by atoms with Crippen molar-refractivity contribution < 1.29 is 5.11 Å². The summed E-state index contributed by atoms with van der Waals surface area (Å²) in [6.45, 7) is 8.08. The number of rotatable bonds is 3. The van der Waals surface area contributed by atoms with Crippen LogP contribution in [0.1, 0.15) is 36.6 Å². The van der Waals surface area contributed by atoms with E-state index in [1.165, 1.54) is 0 Å². The maximum absolute atomic E-state index is 10.2. The van der Waals surface area contributed by atoms with Crippen molar-refractivity contribution in [2.24, 2.45) is 11.7 Å². The van der Waals surface area contributed by atoms with E-state index in [1.54, 1.807) is 0 Å². The summed E-state index contributed by atoms with van der Waals surface area (Å²) in [4.78, 5) is 0. The summed E-state index contributed by atoms with van der Waals surface area (Å²) in [5.74, 6) is 0.277. The molecule has 0 spiro atoms. The van der Waals surface area contributed by atoms with Crippen LogP contribution < -0.4 is 5.73 Å². The first kappa shape index (κ1) is 12.2. The number of hydrogen-bond donors (Lipinski definition) is 2. The highest BCUT2D eigenvalue weighted by atomic mass is 16.3. The van der Waals surface area contributed by atoms with Crippen molar-refractivity contribution in [3.05, 3.63) is 34.9 Å². The van der Waals surface area contributed by atoms with E-state index < -0.39 is 6.10 Å². The highest BCUT2D eigenvalue weighted by Gasteiger charge is 2.22. The predicted octanol–water partition coefficient (Wildman–Crippen LogP) is 2.32. The van der Waals surface area contributed by atoms with E-state index in [2.05, 4.69) is 0 Å². The lowest BCUT2D eigenvalue weighted by atomic mass is 9.89. The molecule has 0 aliphatic heterocycles. The van der Waals surface area contributed by atoms with Crippen LogP contribution >= 0.6 is 0 Å². The summed E-state index contributed by atoms with van der Waals surface area (Å²) in [6.07, 6.45) is -0.564. The molecule has 0 bridgehead atoms. The smallest absolute Gasteiger partial charge is 0.0948 e. The SMILES string of the molecule is Cc1cccc(C)c1C(O)C(N)C(C)C. The largest absolute Gasteiger partial charge is 0.387 e. The molecule has 0 fully saturated rings. The van der Waals surface area contributed by atoms with Gasteiger partial charge in [-0.2, -0.15) is 0 Å². The Morgan fingerprint density at radius 3 is 2.00 bits per heavy atom. The fourth-order valence-corrected chi connectivity index (χ4v) is 1.85. The molecule has 0 aliphatic carbocycles. The van der Waals surface area contributed by atoms with Crippen molar-refractivity contribution in [3.63, 3.8) is 0 Å². The van der Waals surface area contributed by atoms with Crippen molar-refractivity contribution in [1.82, 2.24) is 0 Å². The van der Waals surface area contributed by atoms with E-state index in [-0.39, 0.29) is 12.0 Å². The Morgan fingerprint density at radius 1 is 1.13 bits per heavy atom. The maximum atomic E-state index is 10.2. The summed E-state index contributed by atoms with van der Waals surface area (Å²) in [6, 6.07) is 5.82. The third-order valence-electron chi connectivity index (χ3n) is 2.97. The Bertz CT molecular complexity index is 313. The van der Waals surface area contributed by atoms with Crippen LogP contribution in [0.2, 0.25) is 0 Å². The van der Waals surface area contributed by atoms with Gasteiger partial charge in [0, 0.05) is 6.04 Å². The number of aryl methyl sites for hydroxylation is 2. The third-order valence-corrected chi connectivity index (χ3v) is 2.97. The lowest BCUT2D eigenvalue weighted by Gasteiger charge is -2.25. The van der Waals surface area contributed by atoms with Crippen LogP contribution in [0.15, 0.2) is 18.2 Å². The number of hydrogen-bond acceptors (Lipinski definition) is 2. The van der Waals surface area contributed by atoms with E-state index in [0.29, 0.717) is 0 Å². The zero-order chi connectivity index (χ0) is 11.6. The Kier molecular flexibility index (Phi) is 3.89. The van der Waals surface area contributed by atoms with Crippen LogP contribution in [-0.2, 0) is 0 Å². The van der Waals surface area contributed by atoms with Gasteiger partial charge in [-0.15, -0.1) is 0 Å². The van der Waals surface area contributed by atoms with Gasteiger partial charge in [0.25, 0.3) is 0 Å². The molecule has 1 rings (SSSR count). The fourth-order valence-electron chi connectivity index (χ4n) is 1.85. The molecule has 0 saturated carbocycles. The van der Waals surface area contributed by atoms with Crippen LogP contribution in [0.4, 0.5) is 0 Å². The quantitative estimate of drug-likeness (QED) is 0.799. The first-order valence-electron chi connectivity index (χ1n) is 5.45. The molecule has 0 aromatic heterocycles. The first-order valence-corrected chi connectivity index (χ1v) is 5.45. The third kappa shape index (κ3) is 2.58. The fraction of sp³-hybridized carbons (Fsp3) is 0.538. The molecule has 0 heterocycles. The minimum atomic E-state index is -0.564. The van der Waals surface area contributed by atoms with E-state index >= 15 is 0 Å². The topological polar surface area (TPSA) is 46.2 Å². The van der Waals surface area contributed by atoms with Crippen LogP contribution in [0, 0.1) is 19.8 Å². The summed E-state index contributed by atoms with van der Waals surface area (Å²) in [5.41, 5.74) is 9.18. The van der Waals surface area contributed by atoms with Crippen LogP contribution in [0.3, 0.4) is 0 Å². The summed E-state index contributed by atoms with van der Waals surface area (Å²) >= 11 is 0. The van der Waals surface area contributed by atoms with Crippen LogP contribution in [-0.4, -0.2) is 11.1 Å². The van der Waals surface area contributed by atoms with Crippen LogP contribution in [0.25, 0.3) is 0 Å². The van der Waals surface area contributed by atoms with Gasteiger partial charge in [-0.3, -0.25) is 0 Å². The maximum Gasteiger partial charge on any atom is 0.0948 e. The van der Waals surface area contributed by atoms with Gasteiger partial charge in [0.05, 0.1) is 6.10 Å². The van der Waals surface area contributed by atoms with Gasteiger partial charge in [-0.25, -0.2) is 0 Å². The van der Waals surface area contributed by atoms with E-state index in [0.717, 1.165) is 16.7 Å². The minimum absolute atomic E-state index is 0.204. The average molecular weight is 207 g/mol. The molecule has 2 unspecified atom stereocenters. The van der Waals surface area contributed by atoms with E-state index in [1.807, 2.05) is 45.9 Å². The molecule has 15 heavy (non-hydrogen) atoms. The second kappa shape index (κ2) is 4.77. The highest BCUT2D eigenvalue weighted by molar-refractivity contribution is 5.36. The normalized spacial score (nSPS) is 15.4. The second-order valence-electron chi connectivity index (χ2n) is 4.57. The van der Waals surface area contributed by atoms with Gasteiger partial charge in [-0.1, -0.05) is 32.0 Å². The summed E-state index contributed by atoms with van der Waals surface area (Å²) in [5, 5.41) is 10.2. The van der Waals surface area contributed by atoms with Crippen molar-refractivity contribution >= 4 is 0 Å². The molecule has 2 atom stereocenters. The van der Waals surface area contributed by atoms with Crippen molar-refractivity contribution in [1.29, 1.82) is 0 Å². The molecular weight excluding hydrogens is 186 g/mol. The molecular formula is C13H21NO. The highest BCUT2D eigenvalue weighted by Crippen LogP contribution is 2.26. The molecule has 0 radical (unpaired) electrons. The number of nitrogens with two attached hydrogens (primary N) is 1. The number of benzene rings is 1. The van der Waals surface area contributed by atoms with Gasteiger partial charge in [0.15, 0.2) is 0 Å². The molecule has 2 heteroatoms. The van der Waals surface area contributed by atoms with Gasteiger partial charge < -0.3 is 10.8 Å². The molecule has 0 saturated heterocycles. The van der Waals surface area contributed by atoms with Gasteiger partial charge >= 0.3 is 0 Å². The van der Waals surface area contributed by atoms with Gasteiger partial charge in [-0.05, 0) is 36.5 Å². The Hall–Kier alpha value is -0.860.